The number of imidazole rings is 1. The number of para-hydroxylation sites is 1. The van der Waals surface area contributed by atoms with Crippen LogP contribution in [0, 0.1) is 0 Å². The minimum absolute atomic E-state index is 0.233. The molecule has 0 fully saturated rings. The molecule has 0 aliphatic rings. The fourth-order valence-corrected chi connectivity index (χ4v) is 2.30. The number of hydrogen-bond donors (Lipinski definition) is 1. The van der Waals surface area contributed by atoms with Gasteiger partial charge in [-0.25, -0.2) is 9.78 Å². The average Bonchev–Trinajstić information content (AvgIpc) is 2.83. The van der Waals surface area contributed by atoms with E-state index in [1.54, 1.807) is 0 Å². The summed E-state index contributed by atoms with van der Waals surface area (Å²) in [6.07, 6.45) is 1.55. The van der Waals surface area contributed by atoms with Gasteiger partial charge in [-0.1, -0.05) is 19.9 Å². The van der Waals surface area contributed by atoms with E-state index in [4.69, 9.17) is 10.5 Å². The summed E-state index contributed by atoms with van der Waals surface area (Å²) in [6.45, 7) is 6.27. The molecule has 2 aromatic rings. The normalized spacial score (nSPS) is 12.6. The van der Waals surface area contributed by atoms with Crippen molar-refractivity contribution in [3.05, 3.63) is 24.0 Å². The number of carbonyl (C=O) groups excluding carboxylic acids is 1. The average molecular weight is 275 g/mol. The highest BCUT2D eigenvalue weighted by Crippen LogP contribution is 2.26. The standard InChI is InChI=1S/C15H21N3O2/c1-4-9-20-15(19)10(3)18-12-8-6-7-11(16)14(12)17-13(18)5-2/h6-8,10H,4-5,9,16H2,1-3H3. The summed E-state index contributed by atoms with van der Waals surface area (Å²) in [7, 11) is 0. The summed E-state index contributed by atoms with van der Waals surface area (Å²) in [5, 5.41) is 0. The van der Waals surface area contributed by atoms with Gasteiger partial charge in [-0.2, -0.15) is 0 Å². The molecule has 108 valence electrons. The van der Waals surface area contributed by atoms with Crippen LogP contribution in [-0.4, -0.2) is 22.1 Å². The number of ether oxygens (including phenoxy) is 1. The minimum atomic E-state index is -0.400. The van der Waals surface area contributed by atoms with Gasteiger partial charge in [-0.3, -0.25) is 0 Å². The van der Waals surface area contributed by atoms with E-state index in [9.17, 15) is 4.79 Å². The van der Waals surface area contributed by atoms with E-state index in [0.29, 0.717) is 12.3 Å². The Kier molecular flexibility index (Phi) is 4.27. The number of aryl methyl sites for hydroxylation is 1. The Bertz CT molecular complexity index is 619. The van der Waals surface area contributed by atoms with Crippen molar-refractivity contribution in [2.75, 3.05) is 12.3 Å². The Balaban J connectivity index is 2.46. The second-order valence-corrected chi connectivity index (χ2v) is 4.81. The van der Waals surface area contributed by atoms with E-state index in [-0.39, 0.29) is 5.97 Å². The van der Waals surface area contributed by atoms with Crippen LogP contribution < -0.4 is 5.73 Å². The fraction of sp³-hybridized carbons (Fsp3) is 0.467. The largest absolute Gasteiger partial charge is 0.464 e. The highest BCUT2D eigenvalue weighted by molar-refractivity contribution is 5.89. The molecule has 1 heterocycles. The molecule has 0 spiro atoms. The molecule has 0 saturated carbocycles. The van der Waals surface area contributed by atoms with Gasteiger partial charge in [0, 0.05) is 6.42 Å². The van der Waals surface area contributed by atoms with Crippen LogP contribution in [0.3, 0.4) is 0 Å². The van der Waals surface area contributed by atoms with Crippen molar-refractivity contribution in [3.8, 4) is 0 Å². The first-order chi connectivity index (χ1) is 9.60. The monoisotopic (exact) mass is 275 g/mol. The van der Waals surface area contributed by atoms with E-state index in [2.05, 4.69) is 4.98 Å². The number of hydrogen-bond acceptors (Lipinski definition) is 4. The van der Waals surface area contributed by atoms with Crippen LogP contribution in [0.2, 0.25) is 0 Å². The molecule has 1 unspecified atom stereocenters. The number of anilines is 1. The summed E-state index contributed by atoms with van der Waals surface area (Å²) in [5.74, 6) is 0.613. The zero-order chi connectivity index (χ0) is 14.7. The summed E-state index contributed by atoms with van der Waals surface area (Å²) in [4.78, 5) is 16.6. The number of carbonyl (C=O) groups is 1. The van der Waals surface area contributed by atoms with Crippen LogP contribution in [0.25, 0.3) is 11.0 Å². The minimum Gasteiger partial charge on any atom is -0.464 e. The third kappa shape index (κ3) is 2.48. The predicted octanol–water partition coefficient (Wildman–Crippen LogP) is 2.70. The van der Waals surface area contributed by atoms with E-state index in [0.717, 1.165) is 29.7 Å². The maximum atomic E-state index is 12.1. The van der Waals surface area contributed by atoms with Crippen LogP contribution in [0.5, 0.6) is 0 Å². The molecule has 1 aromatic heterocycles. The Morgan fingerprint density at radius 2 is 2.20 bits per heavy atom. The molecule has 0 amide bonds. The highest BCUT2D eigenvalue weighted by atomic mass is 16.5. The topological polar surface area (TPSA) is 70.1 Å². The molecular formula is C15H21N3O2. The van der Waals surface area contributed by atoms with E-state index in [1.165, 1.54) is 0 Å². The Morgan fingerprint density at radius 1 is 1.45 bits per heavy atom. The zero-order valence-corrected chi connectivity index (χ0v) is 12.2. The van der Waals surface area contributed by atoms with E-state index < -0.39 is 6.04 Å². The number of nitrogen functional groups attached to an aromatic ring is 1. The molecule has 0 aliphatic carbocycles. The third-order valence-electron chi connectivity index (χ3n) is 3.32. The molecule has 1 atom stereocenters. The number of aromatic nitrogens is 2. The summed E-state index contributed by atoms with van der Waals surface area (Å²) < 4.78 is 7.16. The van der Waals surface area contributed by atoms with Crippen molar-refractivity contribution < 1.29 is 9.53 Å². The van der Waals surface area contributed by atoms with Gasteiger partial charge in [0.2, 0.25) is 0 Å². The molecule has 1 aromatic carbocycles. The molecule has 5 nitrogen and oxygen atoms in total. The van der Waals surface area contributed by atoms with Crippen LogP contribution in [0.4, 0.5) is 5.69 Å². The molecule has 2 N–H and O–H groups in total. The maximum Gasteiger partial charge on any atom is 0.328 e. The molecule has 20 heavy (non-hydrogen) atoms. The van der Waals surface area contributed by atoms with Gasteiger partial charge in [0.05, 0.1) is 17.8 Å². The zero-order valence-electron chi connectivity index (χ0n) is 12.2. The van der Waals surface area contributed by atoms with Crippen LogP contribution in [-0.2, 0) is 16.0 Å². The number of rotatable bonds is 5. The summed E-state index contributed by atoms with van der Waals surface area (Å²) in [5.41, 5.74) is 8.21. The summed E-state index contributed by atoms with van der Waals surface area (Å²) >= 11 is 0. The van der Waals surface area contributed by atoms with Crippen molar-refractivity contribution in [1.29, 1.82) is 0 Å². The SMILES string of the molecule is CCCOC(=O)C(C)n1c(CC)nc2c(N)cccc21. The number of nitrogens with zero attached hydrogens (tertiary/aromatic N) is 2. The van der Waals surface area contributed by atoms with E-state index in [1.807, 2.05) is 43.5 Å². The Labute approximate surface area is 118 Å². The van der Waals surface area contributed by atoms with Crippen molar-refractivity contribution >= 4 is 22.7 Å². The van der Waals surface area contributed by atoms with Crippen molar-refractivity contribution in [2.24, 2.45) is 0 Å². The number of esters is 1. The molecule has 0 radical (unpaired) electrons. The molecule has 0 bridgehead atoms. The molecule has 2 rings (SSSR count). The first-order valence-corrected chi connectivity index (χ1v) is 7.02. The second-order valence-electron chi connectivity index (χ2n) is 4.81. The predicted molar refractivity (Wildman–Crippen MR) is 79.5 cm³/mol. The van der Waals surface area contributed by atoms with Gasteiger partial charge < -0.3 is 15.0 Å². The van der Waals surface area contributed by atoms with Crippen molar-refractivity contribution in [2.45, 2.75) is 39.7 Å². The first kappa shape index (κ1) is 14.4. The van der Waals surface area contributed by atoms with Gasteiger partial charge in [0.1, 0.15) is 17.4 Å². The van der Waals surface area contributed by atoms with Crippen molar-refractivity contribution in [1.82, 2.24) is 9.55 Å². The number of fused-ring (bicyclic) bond motifs is 1. The highest BCUT2D eigenvalue weighted by Gasteiger charge is 2.22. The van der Waals surface area contributed by atoms with Crippen LogP contribution in [0.1, 0.15) is 39.1 Å². The number of nitrogens with two attached hydrogens (primary N) is 1. The van der Waals surface area contributed by atoms with Gasteiger partial charge >= 0.3 is 5.97 Å². The fourth-order valence-electron chi connectivity index (χ4n) is 2.30. The Hall–Kier alpha value is -2.04. The second kappa shape index (κ2) is 5.94. The lowest BCUT2D eigenvalue weighted by Gasteiger charge is -2.16. The van der Waals surface area contributed by atoms with Gasteiger partial charge in [0.25, 0.3) is 0 Å². The molecule has 0 saturated heterocycles. The summed E-state index contributed by atoms with van der Waals surface area (Å²) in [6, 6.07) is 5.23. The number of benzene rings is 1. The van der Waals surface area contributed by atoms with Crippen molar-refractivity contribution in [3.63, 3.8) is 0 Å². The van der Waals surface area contributed by atoms with Gasteiger partial charge in [-0.05, 0) is 25.5 Å². The smallest absolute Gasteiger partial charge is 0.328 e. The first-order valence-electron chi connectivity index (χ1n) is 7.02. The third-order valence-corrected chi connectivity index (χ3v) is 3.32. The van der Waals surface area contributed by atoms with E-state index >= 15 is 0 Å². The quantitative estimate of drug-likeness (QED) is 0.672. The van der Waals surface area contributed by atoms with Crippen LogP contribution in [0.15, 0.2) is 18.2 Å². The maximum absolute atomic E-state index is 12.1. The molecule has 5 heteroatoms. The lowest BCUT2D eigenvalue weighted by Crippen LogP contribution is -2.21. The molecular weight excluding hydrogens is 254 g/mol. The Morgan fingerprint density at radius 3 is 2.85 bits per heavy atom. The van der Waals surface area contributed by atoms with Crippen LogP contribution >= 0.6 is 0 Å². The lowest BCUT2D eigenvalue weighted by atomic mass is 10.2. The molecule has 0 aliphatic heterocycles. The van der Waals surface area contributed by atoms with Gasteiger partial charge in [0.15, 0.2) is 0 Å². The van der Waals surface area contributed by atoms with Gasteiger partial charge in [-0.15, -0.1) is 0 Å². The lowest BCUT2D eigenvalue weighted by molar-refractivity contribution is -0.147.